The molecule has 0 aliphatic carbocycles. The Bertz CT molecular complexity index is 865. The van der Waals surface area contributed by atoms with Crippen molar-refractivity contribution in [1.82, 2.24) is 10.6 Å². The molecule has 2 aromatic rings. The Kier molecular flexibility index (Phi) is 9.53. The predicted octanol–water partition coefficient (Wildman–Crippen LogP) is 3.94. The minimum absolute atomic E-state index is 0.0641. The van der Waals surface area contributed by atoms with Crippen LogP contribution in [-0.4, -0.2) is 36.3 Å². The van der Waals surface area contributed by atoms with Gasteiger partial charge in [-0.3, -0.25) is 0 Å². The Morgan fingerprint density at radius 1 is 0.812 bits per heavy atom. The third-order valence-corrected chi connectivity index (χ3v) is 4.11. The van der Waals surface area contributed by atoms with Gasteiger partial charge in [0.25, 0.3) is 0 Å². The molecule has 32 heavy (non-hydrogen) atoms. The Labute approximate surface area is 188 Å². The molecule has 0 aromatic heterocycles. The smallest absolute Gasteiger partial charge is 0.408 e. The van der Waals surface area contributed by atoms with Crippen LogP contribution in [0.3, 0.4) is 0 Å². The lowest BCUT2D eigenvalue weighted by atomic mass is 10.2. The summed E-state index contributed by atoms with van der Waals surface area (Å²) < 4.78 is 15.7. The molecule has 0 heterocycles. The third-order valence-electron chi connectivity index (χ3n) is 4.11. The van der Waals surface area contributed by atoms with Gasteiger partial charge in [0, 0.05) is 6.54 Å². The minimum Gasteiger partial charge on any atom is -0.459 e. The highest BCUT2D eigenvalue weighted by molar-refractivity contribution is 5.81. The van der Waals surface area contributed by atoms with Crippen LogP contribution in [0.15, 0.2) is 60.7 Å². The number of carbonyl (C=O) groups is 3. The topological polar surface area (TPSA) is 103 Å². The van der Waals surface area contributed by atoms with Crippen molar-refractivity contribution >= 4 is 18.2 Å². The summed E-state index contributed by atoms with van der Waals surface area (Å²) in [6, 6.07) is 17.4. The molecule has 2 aromatic carbocycles. The maximum absolute atomic E-state index is 12.6. The molecule has 2 N–H and O–H groups in total. The first-order chi connectivity index (χ1) is 15.2. The van der Waals surface area contributed by atoms with E-state index in [1.54, 1.807) is 20.8 Å². The van der Waals surface area contributed by atoms with Crippen LogP contribution in [-0.2, 0) is 32.2 Å². The van der Waals surface area contributed by atoms with Crippen molar-refractivity contribution in [3.05, 3.63) is 71.8 Å². The molecule has 8 nitrogen and oxygen atoms in total. The number of hydrogen-bond acceptors (Lipinski definition) is 6. The lowest BCUT2D eigenvalue weighted by molar-refractivity contribution is -0.147. The van der Waals surface area contributed by atoms with Crippen LogP contribution < -0.4 is 10.6 Å². The summed E-state index contributed by atoms with van der Waals surface area (Å²) in [5.41, 5.74) is 0.994. The maximum atomic E-state index is 12.6. The molecule has 2 amide bonds. The second kappa shape index (κ2) is 12.3. The summed E-state index contributed by atoms with van der Waals surface area (Å²) in [5.74, 6) is -0.628. The second-order valence-corrected chi connectivity index (χ2v) is 8.07. The summed E-state index contributed by atoms with van der Waals surface area (Å²) in [7, 11) is 0. The molecular weight excluding hydrogens is 412 g/mol. The van der Waals surface area contributed by atoms with Gasteiger partial charge in [0.2, 0.25) is 0 Å². The van der Waals surface area contributed by atoms with E-state index >= 15 is 0 Å². The van der Waals surface area contributed by atoms with E-state index in [2.05, 4.69) is 10.6 Å². The van der Waals surface area contributed by atoms with Gasteiger partial charge in [0.1, 0.15) is 24.9 Å². The van der Waals surface area contributed by atoms with Gasteiger partial charge in [-0.25, -0.2) is 14.4 Å². The van der Waals surface area contributed by atoms with Gasteiger partial charge in [-0.15, -0.1) is 0 Å². The predicted molar refractivity (Wildman–Crippen MR) is 119 cm³/mol. The number of carbonyl (C=O) groups excluding carboxylic acids is 3. The zero-order valence-corrected chi connectivity index (χ0v) is 18.6. The van der Waals surface area contributed by atoms with E-state index < -0.39 is 29.8 Å². The third kappa shape index (κ3) is 9.97. The van der Waals surface area contributed by atoms with Gasteiger partial charge >= 0.3 is 18.2 Å². The van der Waals surface area contributed by atoms with Gasteiger partial charge in [-0.1, -0.05) is 60.7 Å². The van der Waals surface area contributed by atoms with Gasteiger partial charge in [0.05, 0.1) is 0 Å². The van der Waals surface area contributed by atoms with Crippen LogP contribution in [0.25, 0.3) is 0 Å². The highest BCUT2D eigenvalue weighted by Crippen LogP contribution is 2.08. The summed E-state index contributed by atoms with van der Waals surface area (Å²) in [4.78, 5) is 36.7. The fourth-order valence-corrected chi connectivity index (χ4v) is 2.62. The fraction of sp³-hybridized carbons (Fsp3) is 0.375. The molecular formula is C24H30N2O6. The van der Waals surface area contributed by atoms with Crippen LogP contribution >= 0.6 is 0 Å². The van der Waals surface area contributed by atoms with Crippen LogP contribution in [0.1, 0.15) is 38.3 Å². The van der Waals surface area contributed by atoms with E-state index in [4.69, 9.17) is 14.2 Å². The lowest BCUT2D eigenvalue weighted by Gasteiger charge is -2.21. The summed E-state index contributed by atoms with van der Waals surface area (Å²) in [5, 5.41) is 5.09. The van der Waals surface area contributed by atoms with E-state index in [9.17, 15) is 14.4 Å². The van der Waals surface area contributed by atoms with Crippen molar-refractivity contribution in [2.75, 3.05) is 6.54 Å². The SMILES string of the molecule is CC(C)(C)OC(=O)NCCC(NC(=O)OCc1ccccc1)C(=O)OCc1ccccc1. The molecule has 8 heteroatoms. The first-order valence-electron chi connectivity index (χ1n) is 10.4. The van der Waals surface area contributed by atoms with E-state index in [1.165, 1.54) is 0 Å². The molecule has 0 fully saturated rings. The minimum atomic E-state index is -1.00. The summed E-state index contributed by atoms with van der Waals surface area (Å²) >= 11 is 0. The highest BCUT2D eigenvalue weighted by Gasteiger charge is 2.24. The number of benzene rings is 2. The average Bonchev–Trinajstić information content (AvgIpc) is 2.75. The number of rotatable bonds is 9. The maximum Gasteiger partial charge on any atom is 0.408 e. The molecule has 0 radical (unpaired) electrons. The summed E-state index contributed by atoms with van der Waals surface area (Å²) in [6.45, 7) is 5.48. The van der Waals surface area contributed by atoms with Crippen LogP contribution in [0.4, 0.5) is 9.59 Å². The van der Waals surface area contributed by atoms with Gasteiger partial charge in [-0.05, 0) is 38.3 Å². The van der Waals surface area contributed by atoms with Crippen molar-refractivity contribution in [3.8, 4) is 0 Å². The number of ether oxygens (including phenoxy) is 3. The number of amides is 2. The Hall–Kier alpha value is -3.55. The normalized spacial score (nSPS) is 11.7. The van der Waals surface area contributed by atoms with Gasteiger partial charge in [0.15, 0.2) is 0 Å². The Balaban J connectivity index is 1.90. The molecule has 0 aliphatic rings. The van der Waals surface area contributed by atoms with Gasteiger partial charge in [-0.2, -0.15) is 0 Å². The molecule has 0 bridgehead atoms. The van der Waals surface area contributed by atoms with Crippen molar-refractivity contribution in [2.24, 2.45) is 0 Å². The van der Waals surface area contributed by atoms with E-state index in [0.29, 0.717) is 0 Å². The molecule has 0 spiro atoms. The first kappa shape index (κ1) is 24.7. The molecule has 0 saturated carbocycles. The molecule has 172 valence electrons. The van der Waals surface area contributed by atoms with Crippen LogP contribution in [0.2, 0.25) is 0 Å². The number of hydrogen-bond donors (Lipinski definition) is 2. The van der Waals surface area contributed by atoms with Crippen molar-refractivity contribution < 1.29 is 28.6 Å². The summed E-state index contributed by atoms with van der Waals surface area (Å²) in [6.07, 6.45) is -1.26. The van der Waals surface area contributed by atoms with Crippen LogP contribution in [0, 0.1) is 0 Å². The zero-order chi connectivity index (χ0) is 23.4. The standard InChI is InChI=1S/C24H30N2O6/c1-24(2,3)32-22(28)25-15-14-20(21(27)30-16-18-10-6-4-7-11-18)26-23(29)31-17-19-12-8-5-9-13-19/h4-13,20H,14-17H2,1-3H3,(H,25,28)(H,26,29). The number of esters is 1. The molecule has 1 atom stereocenters. The van der Waals surface area contributed by atoms with Crippen molar-refractivity contribution in [3.63, 3.8) is 0 Å². The first-order valence-corrected chi connectivity index (χ1v) is 10.4. The second-order valence-electron chi connectivity index (χ2n) is 8.07. The van der Waals surface area contributed by atoms with E-state index in [0.717, 1.165) is 11.1 Å². The number of alkyl carbamates (subject to hydrolysis) is 2. The van der Waals surface area contributed by atoms with Gasteiger partial charge < -0.3 is 24.8 Å². The Morgan fingerprint density at radius 3 is 1.88 bits per heavy atom. The van der Waals surface area contributed by atoms with Crippen molar-refractivity contribution in [1.29, 1.82) is 0 Å². The van der Waals surface area contributed by atoms with Crippen molar-refractivity contribution in [2.45, 2.75) is 52.0 Å². The molecule has 0 aliphatic heterocycles. The fourth-order valence-electron chi connectivity index (χ4n) is 2.62. The van der Waals surface area contributed by atoms with E-state index in [1.807, 2.05) is 60.7 Å². The quantitative estimate of drug-likeness (QED) is 0.450. The van der Waals surface area contributed by atoms with Crippen LogP contribution in [0.5, 0.6) is 0 Å². The lowest BCUT2D eigenvalue weighted by Crippen LogP contribution is -2.44. The molecule has 1 unspecified atom stereocenters. The molecule has 0 saturated heterocycles. The molecule has 2 rings (SSSR count). The number of nitrogens with one attached hydrogen (secondary N) is 2. The highest BCUT2D eigenvalue weighted by atomic mass is 16.6. The Morgan fingerprint density at radius 2 is 1.34 bits per heavy atom. The van der Waals surface area contributed by atoms with E-state index in [-0.39, 0.29) is 26.2 Å². The zero-order valence-electron chi connectivity index (χ0n) is 18.6. The monoisotopic (exact) mass is 442 g/mol. The average molecular weight is 443 g/mol. The largest absolute Gasteiger partial charge is 0.459 e.